The number of primary amides is 1. The van der Waals surface area contributed by atoms with Gasteiger partial charge in [0.15, 0.2) is 0 Å². The number of aliphatic imine (C=N–C) groups is 2. The van der Waals surface area contributed by atoms with Crippen LogP contribution in [0.5, 0.6) is 0 Å². The van der Waals surface area contributed by atoms with Crippen LogP contribution >= 0.6 is 0 Å². The van der Waals surface area contributed by atoms with E-state index in [0.29, 0.717) is 18.2 Å². The van der Waals surface area contributed by atoms with E-state index in [0.717, 1.165) is 32.4 Å². The summed E-state index contributed by atoms with van der Waals surface area (Å²) in [5.74, 6) is -1.11. The Bertz CT molecular complexity index is 794. The van der Waals surface area contributed by atoms with E-state index in [2.05, 4.69) is 16.0 Å². The highest BCUT2D eigenvalue weighted by Crippen LogP contribution is 2.33. The van der Waals surface area contributed by atoms with Gasteiger partial charge < -0.3 is 16.4 Å². The predicted octanol–water partition coefficient (Wildman–Crippen LogP) is 2.78. The van der Waals surface area contributed by atoms with Crippen LogP contribution in [0.4, 0.5) is 5.69 Å². The average molecular weight is 409 g/mol. The van der Waals surface area contributed by atoms with E-state index in [1.165, 1.54) is 19.3 Å². The fourth-order valence-corrected chi connectivity index (χ4v) is 4.58. The summed E-state index contributed by atoms with van der Waals surface area (Å²) >= 11 is 0. The second-order valence-corrected chi connectivity index (χ2v) is 8.30. The molecule has 0 radical (unpaired) electrons. The fraction of sp³-hybridized carbons (Fsp3) is 0.565. The lowest BCUT2D eigenvalue weighted by molar-refractivity contribution is -0.118. The van der Waals surface area contributed by atoms with Crippen LogP contribution in [0.3, 0.4) is 0 Å². The summed E-state index contributed by atoms with van der Waals surface area (Å²) in [7, 11) is 0. The van der Waals surface area contributed by atoms with Crippen molar-refractivity contribution in [1.82, 2.24) is 4.90 Å². The summed E-state index contributed by atoms with van der Waals surface area (Å²) in [5.41, 5.74) is 12.3. The topological polar surface area (TPSA) is 121 Å². The minimum atomic E-state index is -0.854. The Kier molecular flexibility index (Phi) is 7.97. The number of likely N-dealkylation sites (tertiary alicyclic amines) is 1. The van der Waals surface area contributed by atoms with Gasteiger partial charge in [0.05, 0.1) is 17.8 Å². The summed E-state index contributed by atoms with van der Waals surface area (Å²) in [5, 5.41) is 9.32. The Labute approximate surface area is 178 Å². The minimum Gasteiger partial charge on any atom is -0.386 e. The molecule has 1 saturated carbocycles. The van der Waals surface area contributed by atoms with Crippen LogP contribution in [0.1, 0.15) is 44.9 Å². The van der Waals surface area contributed by atoms with Crippen LogP contribution in [0.15, 0.2) is 40.3 Å². The summed E-state index contributed by atoms with van der Waals surface area (Å²) in [4.78, 5) is 23.6. The number of hydrogen-bond acceptors (Lipinski definition) is 5. The number of nitrogens with two attached hydrogens (primary N) is 2. The van der Waals surface area contributed by atoms with Gasteiger partial charge in [0.2, 0.25) is 5.91 Å². The van der Waals surface area contributed by atoms with Gasteiger partial charge in [0.25, 0.3) is 0 Å². The molecule has 2 fully saturated rings. The summed E-state index contributed by atoms with van der Waals surface area (Å²) in [6, 6.07) is 12.1. The summed E-state index contributed by atoms with van der Waals surface area (Å²) in [6.45, 7) is 2.32. The van der Waals surface area contributed by atoms with Crippen LogP contribution < -0.4 is 11.5 Å². The number of nitrogens with zero attached hydrogens (tertiary/aromatic N) is 4. The number of para-hydroxylation sites is 1. The number of hydrogen-bond donors (Lipinski definition) is 2. The molecule has 1 aliphatic heterocycles. The van der Waals surface area contributed by atoms with Gasteiger partial charge in [0, 0.05) is 18.7 Å². The molecule has 4 N–H and O–H groups in total. The van der Waals surface area contributed by atoms with Gasteiger partial charge in [-0.15, -0.1) is 0 Å². The molecule has 30 heavy (non-hydrogen) atoms. The van der Waals surface area contributed by atoms with Crippen LogP contribution in [0, 0.1) is 23.2 Å². The SMILES string of the molecule is N#CCC1CC(N2CCCCC2)CCC1N=CC(C(N)=O)C(N)=Nc1ccccc1. The third-order valence-electron chi connectivity index (χ3n) is 6.24. The molecule has 3 rings (SSSR count). The van der Waals surface area contributed by atoms with Crippen molar-refractivity contribution in [3.05, 3.63) is 30.3 Å². The highest BCUT2D eigenvalue weighted by atomic mass is 16.1. The minimum absolute atomic E-state index is 0.0112. The number of nitriles is 1. The van der Waals surface area contributed by atoms with E-state index in [1.807, 2.05) is 30.3 Å². The molecule has 0 aromatic heterocycles. The normalized spacial score (nSPS) is 26.9. The lowest BCUT2D eigenvalue weighted by atomic mass is 9.79. The molecule has 1 saturated heterocycles. The Morgan fingerprint density at radius 3 is 2.60 bits per heavy atom. The zero-order valence-corrected chi connectivity index (χ0v) is 17.5. The van der Waals surface area contributed by atoms with Gasteiger partial charge in [-0.3, -0.25) is 9.79 Å². The zero-order chi connectivity index (χ0) is 21.3. The lowest BCUT2D eigenvalue weighted by Crippen LogP contribution is -2.45. The monoisotopic (exact) mass is 408 g/mol. The van der Waals surface area contributed by atoms with Gasteiger partial charge in [-0.05, 0) is 63.2 Å². The molecular weight excluding hydrogens is 376 g/mol. The van der Waals surface area contributed by atoms with Crippen LogP contribution in [-0.2, 0) is 4.79 Å². The molecule has 1 amide bonds. The van der Waals surface area contributed by atoms with Crippen LogP contribution in [0.2, 0.25) is 0 Å². The maximum absolute atomic E-state index is 12.0. The van der Waals surface area contributed by atoms with E-state index in [9.17, 15) is 10.1 Å². The summed E-state index contributed by atoms with van der Waals surface area (Å²) < 4.78 is 0. The molecule has 2 aliphatic rings. The second-order valence-electron chi connectivity index (χ2n) is 8.30. The van der Waals surface area contributed by atoms with Crippen LogP contribution in [-0.4, -0.2) is 48.0 Å². The number of piperidine rings is 1. The quantitative estimate of drug-likeness (QED) is 0.532. The Hall–Kier alpha value is -2.72. The van der Waals surface area contributed by atoms with Crippen molar-refractivity contribution in [3.63, 3.8) is 0 Å². The molecule has 1 aromatic rings. The molecule has 7 heteroatoms. The molecule has 4 atom stereocenters. The Balaban J connectivity index is 1.69. The van der Waals surface area contributed by atoms with E-state index in [-0.39, 0.29) is 17.8 Å². The third-order valence-corrected chi connectivity index (χ3v) is 6.24. The van der Waals surface area contributed by atoms with Crippen molar-refractivity contribution in [2.75, 3.05) is 13.1 Å². The first-order valence-corrected chi connectivity index (χ1v) is 10.9. The van der Waals surface area contributed by atoms with Crippen molar-refractivity contribution in [2.45, 2.75) is 57.0 Å². The molecule has 1 aliphatic carbocycles. The first-order chi connectivity index (χ1) is 14.6. The molecule has 1 heterocycles. The van der Waals surface area contributed by atoms with Crippen molar-refractivity contribution >= 4 is 23.6 Å². The molecule has 0 bridgehead atoms. The van der Waals surface area contributed by atoms with Gasteiger partial charge in [0.1, 0.15) is 11.8 Å². The Morgan fingerprint density at radius 2 is 1.93 bits per heavy atom. The summed E-state index contributed by atoms with van der Waals surface area (Å²) in [6.07, 6.45) is 8.82. The predicted molar refractivity (Wildman–Crippen MR) is 119 cm³/mol. The molecular formula is C23H32N6O. The molecule has 7 nitrogen and oxygen atoms in total. The van der Waals surface area contributed by atoms with Gasteiger partial charge in [-0.2, -0.15) is 5.26 Å². The van der Waals surface area contributed by atoms with Gasteiger partial charge in [-0.1, -0.05) is 24.6 Å². The second kappa shape index (κ2) is 10.9. The van der Waals surface area contributed by atoms with Crippen molar-refractivity contribution in [3.8, 4) is 6.07 Å². The molecule has 1 aromatic carbocycles. The molecule has 4 unspecified atom stereocenters. The first-order valence-electron chi connectivity index (χ1n) is 10.9. The van der Waals surface area contributed by atoms with E-state index < -0.39 is 11.8 Å². The number of benzene rings is 1. The van der Waals surface area contributed by atoms with E-state index in [1.54, 1.807) is 6.21 Å². The largest absolute Gasteiger partial charge is 0.386 e. The highest BCUT2D eigenvalue weighted by molar-refractivity contribution is 6.14. The number of amidine groups is 1. The van der Waals surface area contributed by atoms with Gasteiger partial charge in [-0.25, -0.2) is 4.99 Å². The lowest BCUT2D eigenvalue weighted by Gasteiger charge is -2.41. The average Bonchev–Trinajstić information content (AvgIpc) is 2.76. The number of rotatable bonds is 7. The first kappa shape index (κ1) is 22.0. The fourth-order valence-electron chi connectivity index (χ4n) is 4.58. The van der Waals surface area contributed by atoms with Crippen LogP contribution in [0.25, 0.3) is 0 Å². The van der Waals surface area contributed by atoms with Crippen molar-refractivity contribution in [1.29, 1.82) is 5.26 Å². The maximum atomic E-state index is 12.0. The standard InChI is InChI=1S/C23H32N6O/c24-12-11-17-15-19(29-13-5-2-6-14-29)9-10-21(17)27-16-20(23(26)30)22(25)28-18-7-3-1-4-8-18/h1,3-4,7-8,16-17,19-21H,2,5-6,9-11,13-15H2,(H2,25,28)(H2,26,30). The van der Waals surface area contributed by atoms with Gasteiger partial charge >= 0.3 is 0 Å². The third kappa shape index (κ3) is 5.90. The zero-order valence-electron chi connectivity index (χ0n) is 17.5. The number of amides is 1. The number of carbonyl (C=O) groups is 1. The van der Waals surface area contributed by atoms with Crippen molar-refractivity contribution < 1.29 is 4.79 Å². The van der Waals surface area contributed by atoms with Crippen molar-refractivity contribution in [2.24, 2.45) is 33.3 Å². The van der Waals surface area contributed by atoms with E-state index in [4.69, 9.17) is 16.5 Å². The maximum Gasteiger partial charge on any atom is 0.233 e. The number of carbonyl (C=O) groups excluding carboxylic acids is 1. The Morgan fingerprint density at radius 1 is 1.20 bits per heavy atom. The highest BCUT2D eigenvalue weighted by Gasteiger charge is 2.33. The smallest absolute Gasteiger partial charge is 0.233 e. The van der Waals surface area contributed by atoms with E-state index >= 15 is 0 Å². The molecule has 160 valence electrons. The molecule has 0 spiro atoms.